The number of rotatable bonds is 8. The molecule has 200 valence electrons. The van der Waals surface area contributed by atoms with Crippen molar-refractivity contribution in [1.82, 2.24) is 4.98 Å². The smallest absolute Gasteiger partial charge is 0.350 e. The van der Waals surface area contributed by atoms with E-state index in [1.807, 2.05) is 0 Å². The first-order valence-electron chi connectivity index (χ1n) is 11.4. The van der Waals surface area contributed by atoms with Crippen LogP contribution in [0.3, 0.4) is 0 Å². The van der Waals surface area contributed by atoms with Crippen molar-refractivity contribution in [3.8, 4) is 0 Å². The molecule has 0 spiro atoms. The quantitative estimate of drug-likeness (QED) is 0.303. The maximum absolute atomic E-state index is 13.1. The average molecular weight is 569 g/mol. The van der Waals surface area contributed by atoms with E-state index in [0.717, 1.165) is 16.2 Å². The number of ether oxygens (including phenoxy) is 2. The van der Waals surface area contributed by atoms with Gasteiger partial charge in [-0.05, 0) is 56.3 Å². The molecule has 4 rings (SSSR count). The number of carbonyl (C=O) groups is 5. The van der Waals surface area contributed by atoms with Crippen molar-refractivity contribution < 1.29 is 33.4 Å². The van der Waals surface area contributed by atoms with Gasteiger partial charge in [0.2, 0.25) is 0 Å². The van der Waals surface area contributed by atoms with Crippen LogP contribution in [0, 0.1) is 6.92 Å². The Morgan fingerprint density at radius 2 is 1.74 bits per heavy atom. The van der Waals surface area contributed by atoms with Gasteiger partial charge >= 0.3 is 11.9 Å². The van der Waals surface area contributed by atoms with Gasteiger partial charge < -0.3 is 14.8 Å². The minimum atomic E-state index is -0.750. The second-order valence-corrected chi connectivity index (χ2v) is 9.36. The normalized spacial score (nSPS) is 13.0. The van der Waals surface area contributed by atoms with Crippen LogP contribution in [0.1, 0.15) is 43.0 Å². The van der Waals surface area contributed by atoms with E-state index in [1.54, 1.807) is 32.0 Å². The predicted molar refractivity (Wildman–Crippen MR) is 144 cm³/mol. The molecule has 1 aliphatic heterocycles. The van der Waals surface area contributed by atoms with E-state index in [0.29, 0.717) is 11.4 Å². The largest absolute Gasteiger partial charge is 0.465 e. The molecule has 2 heterocycles. The number of amides is 3. The van der Waals surface area contributed by atoms with E-state index in [1.165, 1.54) is 37.4 Å². The lowest BCUT2D eigenvalue weighted by atomic mass is 10.2. The summed E-state index contributed by atoms with van der Waals surface area (Å²) >= 11 is 7.20. The summed E-state index contributed by atoms with van der Waals surface area (Å²) in [5.74, 6) is -3.05. The number of methoxy groups -OCH3 is 1. The van der Waals surface area contributed by atoms with Crippen molar-refractivity contribution in [1.29, 1.82) is 0 Å². The second kappa shape index (κ2) is 11.5. The Kier molecular flexibility index (Phi) is 8.07. The fourth-order valence-electron chi connectivity index (χ4n) is 3.60. The number of hydrogen-bond acceptors (Lipinski definition) is 10. The van der Waals surface area contributed by atoms with Crippen molar-refractivity contribution in [2.75, 3.05) is 29.3 Å². The summed E-state index contributed by atoms with van der Waals surface area (Å²) in [5.41, 5.74) is 1.25. The Hall–Kier alpha value is -4.55. The average Bonchev–Trinajstić information content (AvgIpc) is 3.40. The predicted octanol–water partition coefficient (Wildman–Crippen LogP) is 4.10. The molecule has 2 N–H and O–H groups in total. The molecule has 0 radical (unpaired) electrons. The highest BCUT2D eigenvalue weighted by Crippen LogP contribution is 2.31. The molecule has 0 bridgehead atoms. The van der Waals surface area contributed by atoms with Crippen LogP contribution in [0.5, 0.6) is 0 Å². The monoisotopic (exact) mass is 568 g/mol. The third kappa shape index (κ3) is 5.66. The molecule has 39 heavy (non-hydrogen) atoms. The summed E-state index contributed by atoms with van der Waals surface area (Å²) in [6.45, 7) is 3.54. The lowest BCUT2D eigenvalue weighted by molar-refractivity contribution is -0.120. The SMILES string of the molecule is CCOC(=O)c1sc(NC(=O)c2cccc(NC3=C(Cl)C(=O)N(c4ccc(C(=O)OC)cc4)C3=O)c2)nc1C. The fraction of sp³-hybridized carbons (Fsp3) is 0.154. The van der Waals surface area contributed by atoms with Crippen molar-refractivity contribution in [3.05, 3.63) is 81.0 Å². The van der Waals surface area contributed by atoms with E-state index >= 15 is 0 Å². The molecule has 3 aromatic rings. The van der Waals surface area contributed by atoms with E-state index in [4.69, 9.17) is 16.3 Å². The first-order chi connectivity index (χ1) is 18.6. The lowest BCUT2D eigenvalue weighted by Gasteiger charge is -2.15. The minimum absolute atomic E-state index is 0.175. The summed E-state index contributed by atoms with van der Waals surface area (Å²) in [7, 11) is 1.24. The zero-order valence-corrected chi connectivity index (χ0v) is 22.4. The Bertz CT molecular complexity index is 1530. The molecule has 1 aliphatic rings. The number of anilines is 3. The van der Waals surface area contributed by atoms with Crippen LogP contribution in [0.15, 0.2) is 59.3 Å². The van der Waals surface area contributed by atoms with Gasteiger partial charge in [-0.15, -0.1) is 0 Å². The van der Waals surface area contributed by atoms with Gasteiger partial charge in [0.05, 0.1) is 30.7 Å². The summed E-state index contributed by atoms with van der Waals surface area (Å²) in [6, 6.07) is 11.9. The highest BCUT2D eigenvalue weighted by atomic mass is 35.5. The number of esters is 2. The van der Waals surface area contributed by atoms with Gasteiger partial charge in [0.25, 0.3) is 17.7 Å². The maximum Gasteiger partial charge on any atom is 0.350 e. The highest BCUT2D eigenvalue weighted by molar-refractivity contribution is 7.17. The number of thiazole rings is 1. The zero-order chi connectivity index (χ0) is 28.3. The first-order valence-corrected chi connectivity index (χ1v) is 12.6. The molecule has 0 saturated heterocycles. The summed E-state index contributed by atoms with van der Waals surface area (Å²) in [5, 5.41) is 5.34. The Balaban J connectivity index is 1.49. The minimum Gasteiger partial charge on any atom is -0.465 e. The van der Waals surface area contributed by atoms with Crippen LogP contribution >= 0.6 is 22.9 Å². The molecule has 11 nitrogen and oxygen atoms in total. The summed E-state index contributed by atoms with van der Waals surface area (Å²) in [4.78, 5) is 67.8. The molecule has 13 heteroatoms. The lowest BCUT2D eigenvalue weighted by Crippen LogP contribution is -2.32. The summed E-state index contributed by atoms with van der Waals surface area (Å²) in [6.07, 6.45) is 0. The van der Waals surface area contributed by atoms with Crippen molar-refractivity contribution in [2.24, 2.45) is 0 Å². The third-order valence-corrected chi connectivity index (χ3v) is 6.85. The molecule has 0 fully saturated rings. The molecule has 0 aliphatic carbocycles. The van der Waals surface area contributed by atoms with Crippen LogP contribution < -0.4 is 15.5 Å². The fourth-order valence-corrected chi connectivity index (χ4v) is 4.67. The molecular weight excluding hydrogens is 548 g/mol. The van der Waals surface area contributed by atoms with Gasteiger partial charge in [0.15, 0.2) is 5.13 Å². The van der Waals surface area contributed by atoms with Crippen molar-refractivity contribution in [3.63, 3.8) is 0 Å². The Morgan fingerprint density at radius 1 is 1.03 bits per heavy atom. The number of hydrogen-bond donors (Lipinski definition) is 2. The molecule has 0 atom stereocenters. The van der Waals surface area contributed by atoms with Crippen LogP contribution in [-0.4, -0.2) is 48.4 Å². The van der Waals surface area contributed by atoms with Gasteiger partial charge in [-0.3, -0.25) is 19.7 Å². The zero-order valence-electron chi connectivity index (χ0n) is 20.9. The topological polar surface area (TPSA) is 144 Å². The van der Waals surface area contributed by atoms with E-state index in [9.17, 15) is 24.0 Å². The van der Waals surface area contributed by atoms with Gasteiger partial charge in [-0.25, -0.2) is 19.5 Å². The van der Waals surface area contributed by atoms with Crippen LogP contribution in [0.2, 0.25) is 0 Å². The maximum atomic E-state index is 13.1. The first kappa shape index (κ1) is 27.5. The van der Waals surface area contributed by atoms with Gasteiger partial charge in [0, 0.05) is 11.3 Å². The number of halogens is 1. The molecule has 0 unspecified atom stereocenters. The molecular formula is C26H21ClN4O7S. The number of aromatic nitrogens is 1. The van der Waals surface area contributed by atoms with Gasteiger partial charge in [-0.2, -0.15) is 0 Å². The number of aryl methyl sites for hydroxylation is 1. The number of nitrogens with zero attached hydrogens (tertiary/aromatic N) is 2. The number of carbonyl (C=O) groups excluding carboxylic acids is 5. The number of benzene rings is 2. The summed E-state index contributed by atoms with van der Waals surface area (Å²) < 4.78 is 9.65. The van der Waals surface area contributed by atoms with Gasteiger partial charge in [0.1, 0.15) is 15.6 Å². The molecule has 2 aromatic carbocycles. The molecule has 3 amide bonds. The van der Waals surface area contributed by atoms with Gasteiger partial charge in [-0.1, -0.05) is 29.0 Å². The van der Waals surface area contributed by atoms with E-state index in [-0.39, 0.29) is 44.2 Å². The van der Waals surface area contributed by atoms with E-state index < -0.39 is 29.7 Å². The van der Waals surface area contributed by atoms with E-state index in [2.05, 4.69) is 20.4 Å². The van der Waals surface area contributed by atoms with Crippen molar-refractivity contribution >= 4 is 69.1 Å². The Morgan fingerprint density at radius 3 is 2.41 bits per heavy atom. The van der Waals surface area contributed by atoms with Crippen LogP contribution in [-0.2, 0) is 19.1 Å². The van der Waals surface area contributed by atoms with Crippen LogP contribution in [0.4, 0.5) is 16.5 Å². The molecule has 1 aromatic heterocycles. The van der Waals surface area contributed by atoms with Crippen LogP contribution in [0.25, 0.3) is 0 Å². The third-order valence-electron chi connectivity index (χ3n) is 5.45. The number of nitrogens with one attached hydrogen (secondary N) is 2. The second-order valence-electron chi connectivity index (χ2n) is 7.99. The van der Waals surface area contributed by atoms with Crippen molar-refractivity contribution in [2.45, 2.75) is 13.8 Å². The standard InChI is InChI=1S/C26H21ClN4O7S/c1-4-38-25(36)20-13(2)28-26(39-20)30-21(32)15-6-5-7-16(12-15)29-19-18(27)22(33)31(23(19)34)17-10-8-14(9-11-17)24(35)37-3/h5-12,29H,4H2,1-3H3,(H,28,30,32). The number of imide groups is 1. The Labute approximate surface area is 231 Å². The highest BCUT2D eigenvalue weighted by Gasteiger charge is 2.39. The molecule has 0 saturated carbocycles.